The molecule has 2 nitrogen and oxygen atoms in total. The van der Waals surface area contributed by atoms with Crippen LogP contribution in [0.5, 0.6) is 0 Å². The maximum absolute atomic E-state index is 5.09. The molecule has 6 heteroatoms. The third-order valence-corrected chi connectivity index (χ3v) is 18.9. The van der Waals surface area contributed by atoms with Crippen molar-refractivity contribution in [2.45, 2.75) is 0 Å². The van der Waals surface area contributed by atoms with Crippen LogP contribution in [0.2, 0.25) is 0 Å². The fourth-order valence-corrected chi connectivity index (χ4v) is 15.7. The second-order valence-electron chi connectivity index (χ2n) is 18.0. The fourth-order valence-electron chi connectivity index (χ4n) is 10.7. The molecule has 10 aromatic carbocycles. The normalized spacial score (nSPS) is 12.0. The molecule has 326 valence electrons. The van der Waals surface area contributed by atoms with Crippen LogP contribution in [0.25, 0.3) is 148 Å². The predicted molar refractivity (Wildman–Crippen MR) is 306 cm³/mol. The van der Waals surface area contributed by atoms with Gasteiger partial charge in [0.15, 0.2) is 0 Å². The molecule has 5 aromatic heterocycles. The Hall–Kier alpha value is -7.84. The van der Waals surface area contributed by atoms with Gasteiger partial charge in [0.25, 0.3) is 0 Å². The van der Waals surface area contributed by atoms with E-state index in [0.29, 0.717) is 0 Å². The SMILES string of the molecule is c1ccc2c(c1)sc1c(-c3cc(-c4cc(-c5cc(-c6cccc7c6sc6ccccc67)cc(-c6cccc7c6sc6ccccc67)c5)ncn4)cc(-c4cccc5c4sc4ccccc45)c3)cccc12. The van der Waals surface area contributed by atoms with Crippen molar-refractivity contribution in [1.29, 1.82) is 0 Å². The monoisotopic (exact) mass is 960 g/mol. The van der Waals surface area contributed by atoms with Crippen LogP contribution >= 0.6 is 45.3 Å². The average Bonchev–Trinajstić information content (AvgIpc) is 4.21. The van der Waals surface area contributed by atoms with Gasteiger partial charge in [-0.25, -0.2) is 9.97 Å². The van der Waals surface area contributed by atoms with Gasteiger partial charge in [-0.1, -0.05) is 146 Å². The van der Waals surface area contributed by atoms with Gasteiger partial charge in [0.2, 0.25) is 0 Å². The van der Waals surface area contributed by atoms with Crippen LogP contribution in [0, 0.1) is 0 Å². The summed E-state index contributed by atoms with van der Waals surface area (Å²) in [4.78, 5) is 10.2. The summed E-state index contributed by atoms with van der Waals surface area (Å²) in [5, 5.41) is 10.3. The summed E-state index contributed by atoms with van der Waals surface area (Å²) < 4.78 is 10.4. The lowest BCUT2D eigenvalue weighted by Crippen LogP contribution is -1.93. The molecular weight excluding hydrogens is 925 g/mol. The zero-order valence-corrected chi connectivity index (χ0v) is 40.6. The minimum Gasteiger partial charge on any atom is -0.236 e. The zero-order chi connectivity index (χ0) is 45.9. The Kier molecular flexibility index (Phi) is 9.08. The second kappa shape index (κ2) is 15.9. The molecule has 0 spiro atoms. The van der Waals surface area contributed by atoms with Crippen LogP contribution in [-0.4, -0.2) is 9.97 Å². The Balaban J connectivity index is 0.950. The van der Waals surface area contributed by atoms with Gasteiger partial charge in [0.05, 0.1) is 11.4 Å². The highest BCUT2D eigenvalue weighted by atomic mass is 32.1. The number of fused-ring (bicyclic) bond motifs is 12. The molecule has 0 aliphatic heterocycles. The van der Waals surface area contributed by atoms with Crippen molar-refractivity contribution in [3.63, 3.8) is 0 Å². The van der Waals surface area contributed by atoms with Gasteiger partial charge in [0, 0.05) is 91.8 Å². The molecule has 0 fully saturated rings. The number of nitrogens with zero attached hydrogens (tertiary/aromatic N) is 2. The zero-order valence-electron chi connectivity index (χ0n) is 37.3. The first kappa shape index (κ1) is 40.1. The molecule has 15 rings (SSSR count). The van der Waals surface area contributed by atoms with E-state index in [9.17, 15) is 0 Å². The number of thiophene rings is 4. The molecular formula is C64H36N2S4. The molecule has 0 unspecified atom stereocenters. The van der Waals surface area contributed by atoms with Crippen LogP contribution < -0.4 is 0 Å². The van der Waals surface area contributed by atoms with Crippen molar-refractivity contribution in [2.24, 2.45) is 0 Å². The van der Waals surface area contributed by atoms with Crippen LogP contribution in [0.1, 0.15) is 0 Å². The van der Waals surface area contributed by atoms with Gasteiger partial charge < -0.3 is 0 Å². The van der Waals surface area contributed by atoms with E-state index in [-0.39, 0.29) is 0 Å². The van der Waals surface area contributed by atoms with Crippen molar-refractivity contribution < 1.29 is 0 Å². The molecule has 15 aromatic rings. The Morgan fingerprint density at radius 2 is 0.486 bits per heavy atom. The van der Waals surface area contributed by atoms with Gasteiger partial charge in [0.1, 0.15) is 6.33 Å². The van der Waals surface area contributed by atoms with E-state index in [0.717, 1.165) is 22.5 Å². The fraction of sp³-hybridized carbons (Fsp3) is 0. The second-order valence-corrected chi connectivity index (χ2v) is 22.2. The molecule has 70 heavy (non-hydrogen) atoms. The summed E-state index contributed by atoms with van der Waals surface area (Å²) in [5.41, 5.74) is 13.4. The summed E-state index contributed by atoms with van der Waals surface area (Å²) in [5.74, 6) is 0. The van der Waals surface area contributed by atoms with Gasteiger partial charge in [-0.15, -0.1) is 45.3 Å². The van der Waals surface area contributed by atoms with Crippen molar-refractivity contribution in [3.05, 3.63) is 219 Å². The number of hydrogen-bond donors (Lipinski definition) is 0. The van der Waals surface area contributed by atoms with Crippen LogP contribution in [0.4, 0.5) is 0 Å². The molecule has 5 heterocycles. The smallest absolute Gasteiger partial charge is 0.116 e. The molecule has 0 aliphatic carbocycles. The Labute approximate surface area is 418 Å². The van der Waals surface area contributed by atoms with E-state index in [4.69, 9.17) is 9.97 Å². The van der Waals surface area contributed by atoms with E-state index in [1.807, 2.05) is 45.3 Å². The lowest BCUT2D eigenvalue weighted by Gasteiger charge is -2.14. The highest BCUT2D eigenvalue weighted by Gasteiger charge is 2.19. The Morgan fingerprint density at radius 1 is 0.229 bits per heavy atom. The van der Waals surface area contributed by atoms with Crippen molar-refractivity contribution in [1.82, 2.24) is 9.97 Å². The summed E-state index contributed by atoms with van der Waals surface area (Å²) in [6, 6.07) is 78.5. The topological polar surface area (TPSA) is 25.8 Å². The Bertz CT molecular complexity index is 4070. The molecule has 0 saturated heterocycles. The highest BCUT2D eigenvalue weighted by Crippen LogP contribution is 2.47. The first-order valence-electron chi connectivity index (χ1n) is 23.4. The third kappa shape index (κ3) is 6.35. The minimum atomic E-state index is 0.880. The Morgan fingerprint density at radius 3 is 0.786 bits per heavy atom. The van der Waals surface area contributed by atoms with E-state index >= 15 is 0 Å². The van der Waals surface area contributed by atoms with Crippen LogP contribution in [-0.2, 0) is 0 Å². The van der Waals surface area contributed by atoms with Gasteiger partial charge in [-0.05, 0) is 111 Å². The average molecular weight is 961 g/mol. The molecule has 0 saturated carbocycles. The number of rotatable bonds is 6. The number of benzene rings is 10. The molecule has 0 atom stereocenters. The molecule has 0 bridgehead atoms. The van der Waals surface area contributed by atoms with Crippen LogP contribution in [0.3, 0.4) is 0 Å². The largest absolute Gasteiger partial charge is 0.236 e. The van der Waals surface area contributed by atoms with E-state index in [1.54, 1.807) is 6.33 Å². The van der Waals surface area contributed by atoms with Crippen molar-refractivity contribution in [2.75, 3.05) is 0 Å². The quantitative estimate of drug-likeness (QED) is 0.166. The van der Waals surface area contributed by atoms with Crippen molar-refractivity contribution >= 4 is 126 Å². The number of hydrogen-bond acceptors (Lipinski definition) is 6. The summed E-state index contributed by atoms with van der Waals surface area (Å²) in [6.07, 6.45) is 1.75. The predicted octanol–water partition coefficient (Wildman–Crippen LogP) is 20.0. The van der Waals surface area contributed by atoms with Gasteiger partial charge in [-0.2, -0.15) is 0 Å². The highest BCUT2D eigenvalue weighted by molar-refractivity contribution is 7.27. The van der Waals surface area contributed by atoms with E-state index < -0.39 is 0 Å². The maximum Gasteiger partial charge on any atom is 0.116 e. The molecule has 0 aliphatic rings. The first-order chi connectivity index (χ1) is 34.7. The summed E-state index contributed by atoms with van der Waals surface area (Å²) in [7, 11) is 0. The van der Waals surface area contributed by atoms with Crippen LogP contribution in [0.15, 0.2) is 219 Å². The maximum atomic E-state index is 5.09. The standard InChI is InChI=1S/C64H36N2S4/c1-5-25-57-47(13-1)51-21-9-17-43(61(51)67-57)37-29-38(44-18-10-22-52-48-14-2-6-26-58(48)68-62(44)52)32-41(31-37)55-35-56(66-36-65-55)42-33-39(45-19-11-23-53-49-15-3-7-27-59(49)69-63(45)53)30-40(34-42)46-20-12-24-54-50-16-4-8-28-60(50)70-64(46)54/h1-36H. The lowest BCUT2D eigenvalue weighted by molar-refractivity contribution is 1.18. The summed E-state index contributed by atoms with van der Waals surface area (Å²) in [6.45, 7) is 0. The summed E-state index contributed by atoms with van der Waals surface area (Å²) >= 11 is 7.49. The molecule has 0 N–H and O–H groups in total. The number of aromatic nitrogens is 2. The van der Waals surface area contributed by atoms with Crippen molar-refractivity contribution in [3.8, 4) is 67.0 Å². The lowest BCUT2D eigenvalue weighted by atomic mass is 9.92. The van der Waals surface area contributed by atoms with E-state index in [1.165, 1.54) is 125 Å². The van der Waals surface area contributed by atoms with Gasteiger partial charge >= 0.3 is 0 Å². The van der Waals surface area contributed by atoms with E-state index in [2.05, 4.69) is 212 Å². The molecule has 0 radical (unpaired) electrons. The third-order valence-electron chi connectivity index (χ3n) is 14.0. The van der Waals surface area contributed by atoms with Gasteiger partial charge in [-0.3, -0.25) is 0 Å². The minimum absolute atomic E-state index is 0.880. The molecule has 0 amide bonds. The first-order valence-corrected chi connectivity index (χ1v) is 26.7.